The van der Waals surface area contributed by atoms with Gasteiger partial charge >= 0.3 is 0 Å². The van der Waals surface area contributed by atoms with Crippen molar-refractivity contribution in [3.8, 4) is 5.75 Å². The van der Waals surface area contributed by atoms with E-state index < -0.39 is 0 Å². The van der Waals surface area contributed by atoms with Crippen LogP contribution < -0.4 is 4.74 Å². The van der Waals surface area contributed by atoms with Crippen LogP contribution in [0.25, 0.3) is 0 Å². The lowest BCUT2D eigenvalue weighted by Gasteiger charge is -2.28. The summed E-state index contributed by atoms with van der Waals surface area (Å²) in [6, 6.07) is 19.3. The first-order valence-corrected chi connectivity index (χ1v) is 13.3. The summed E-state index contributed by atoms with van der Waals surface area (Å²) < 4.78 is 13.7. The summed E-state index contributed by atoms with van der Waals surface area (Å²) in [5.41, 5.74) is 2.71. The Labute approximate surface area is 228 Å². The molecule has 0 N–H and O–H groups in total. The molecule has 3 rings (SSSR count). The second-order valence-electron chi connectivity index (χ2n) is 8.87. The van der Waals surface area contributed by atoms with E-state index >= 15 is 0 Å². The number of nitrogens with zero attached hydrogens (tertiary/aromatic N) is 3. The Morgan fingerprint density at radius 1 is 0.973 bits per heavy atom. The maximum absolute atomic E-state index is 13.6. The van der Waals surface area contributed by atoms with E-state index in [0.717, 1.165) is 29.6 Å². The first kappa shape index (κ1) is 28.5. The Morgan fingerprint density at radius 3 is 2.46 bits per heavy atom. The van der Waals surface area contributed by atoms with E-state index in [0.29, 0.717) is 37.6 Å². The van der Waals surface area contributed by atoms with Crippen LogP contribution in [0.3, 0.4) is 0 Å². The molecule has 0 aliphatic rings. The van der Waals surface area contributed by atoms with Gasteiger partial charge in [-0.2, -0.15) is 0 Å². The lowest BCUT2D eigenvalue weighted by atomic mass is 10.2. The molecule has 1 aromatic heterocycles. The Kier molecular flexibility index (Phi) is 11.2. The highest BCUT2D eigenvalue weighted by Gasteiger charge is 2.23. The van der Waals surface area contributed by atoms with Crippen LogP contribution >= 0.6 is 15.9 Å². The van der Waals surface area contributed by atoms with Crippen molar-refractivity contribution in [3.05, 3.63) is 88.2 Å². The minimum Gasteiger partial charge on any atom is -0.497 e. The van der Waals surface area contributed by atoms with Crippen molar-refractivity contribution in [3.63, 3.8) is 0 Å². The van der Waals surface area contributed by atoms with Crippen molar-refractivity contribution in [2.45, 2.75) is 32.9 Å². The number of carbonyl (C=O) groups excluding carboxylic acids is 2. The summed E-state index contributed by atoms with van der Waals surface area (Å²) in [6.45, 7) is 4.58. The molecule has 8 heteroatoms. The molecular formula is C29H36BrN3O4. The van der Waals surface area contributed by atoms with Gasteiger partial charge in [-0.3, -0.25) is 9.59 Å². The van der Waals surface area contributed by atoms with Crippen LogP contribution in [0.4, 0.5) is 0 Å². The number of rotatable bonds is 14. The van der Waals surface area contributed by atoms with Gasteiger partial charge in [0.15, 0.2) is 0 Å². The van der Waals surface area contributed by atoms with Crippen molar-refractivity contribution in [2.24, 2.45) is 0 Å². The molecule has 37 heavy (non-hydrogen) atoms. The zero-order valence-electron chi connectivity index (χ0n) is 21.9. The predicted molar refractivity (Wildman–Crippen MR) is 149 cm³/mol. The SMILES string of the molecule is CCCCN(Cc1cccn1Cc1ccc(Br)cc1)C(=O)CN(CCOC)C(=O)c1cccc(OC)c1. The molecule has 3 aromatic rings. The van der Waals surface area contributed by atoms with E-state index in [4.69, 9.17) is 9.47 Å². The van der Waals surface area contributed by atoms with Gasteiger partial charge in [0.25, 0.3) is 5.91 Å². The molecule has 198 valence electrons. The van der Waals surface area contributed by atoms with E-state index in [-0.39, 0.29) is 18.4 Å². The quantitative estimate of drug-likeness (QED) is 0.267. The fourth-order valence-electron chi connectivity index (χ4n) is 4.03. The Bertz CT molecular complexity index is 1150. The second kappa shape index (κ2) is 14.6. The van der Waals surface area contributed by atoms with Crippen molar-refractivity contribution < 1.29 is 19.1 Å². The fourth-order valence-corrected chi connectivity index (χ4v) is 4.29. The maximum atomic E-state index is 13.6. The summed E-state index contributed by atoms with van der Waals surface area (Å²) in [4.78, 5) is 30.3. The predicted octanol–water partition coefficient (Wildman–Crippen LogP) is 5.23. The van der Waals surface area contributed by atoms with Crippen molar-refractivity contribution in [1.82, 2.24) is 14.4 Å². The van der Waals surface area contributed by atoms with Gasteiger partial charge in [0.2, 0.25) is 5.91 Å². The highest BCUT2D eigenvalue weighted by molar-refractivity contribution is 9.10. The van der Waals surface area contributed by atoms with Gasteiger partial charge in [0, 0.05) is 48.7 Å². The number of ether oxygens (including phenoxy) is 2. The van der Waals surface area contributed by atoms with E-state index in [2.05, 4.69) is 45.6 Å². The minimum absolute atomic E-state index is 0.0173. The molecule has 0 radical (unpaired) electrons. The lowest BCUT2D eigenvalue weighted by Crippen LogP contribution is -2.44. The normalized spacial score (nSPS) is 10.8. The monoisotopic (exact) mass is 569 g/mol. The Hall–Kier alpha value is -3.10. The van der Waals surface area contributed by atoms with Gasteiger partial charge < -0.3 is 23.8 Å². The maximum Gasteiger partial charge on any atom is 0.254 e. The third kappa shape index (κ3) is 8.47. The summed E-state index contributed by atoms with van der Waals surface area (Å²) in [5.74, 6) is 0.288. The minimum atomic E-state index is -0.224. The molecule has 0 atom stereocenters. The molecule has 7 nitrogen and oxygen atoms in total. The number of benzene rings is 2. The highest BCUT2D eigenvalue weighted by Crippen LogP contribution is 2.17. The number of methoxy groups -OCH3 is 2. The smallest absolute Gasteiger partial charge is 0.254 e. The van der Waals surface area contributed by atoms with Gasteiger partial charge in [-0.25, -0.2) is 0 Å². The molecule has 2 amide bonds. The lowest BCUT2D eigenvalue weighted by molar-refractivity contribution is -0.132. The molecule has 0 fully saturated rings. The Balaban J connectivity index is 1.76. The molecule has 0 saturated heterocycles. The molecule has 0 aliphatic carbocycles. The topological polar surface area (TPSA) is 64.0 Å². The average Bonchev–Trinajstić information content (AvgIpc) is 3.35. The number of aromatic nitrogens is 1. The Morgan fingerprint density at radius 2 is 1.76 bits per heavy atom. The number of hydrogen-bond acceptors (Lipinski definition) is 4. The van der Waals surface area contributed by atoms with Gasteiger partial charge in [0.05, 0.1) is 20.3 Å². The molecule has 0 aliphatic heterocycles. The number of amides is 2. The van der Waals surface area contributed by atoms with Crippen molar-refractivity contribution in [2.75, 3.05) is 40.5 Å². The third-order valence-corrected chi connectivity index (χ3v) is 6.70. The molecular weight excluding hydrogens is 534 g/mol. The molecule has 0 bridgehead atoms. The molecule has 0 spiro atoms. The summed E-state index contributed by atoms with van der Waals surface area (Å²) >= 11 is 3.48. The van der Waals surface area contributed by atoms with E-state index in [1.165, 1.54) is 5.56 Å². The van der Waals surface area contributed by atoms with Gasteiger partial charge in [-0.1, -0.05) is 47.5 Å². The van der Waals surface area contributed by atoms with Gasteiger partial charge in [-0.05, 0) is 54.4 Å². The van der Waals surface area contributed by atoms with Crippen LogP contribution in [0.1, 0.15) is 41.4 Å². The number of unbranched alkanes of at least 4 members (excludes halogenated alkanes) is 1. The number of hydrogen-bond donors (Lipinski definition) is 0. The zero-order chi connectivity index (χ0) is 26.6. The molecule has 0 saturated carbocycles. The number of carbonyl (C=O) groups is 2. The largest absolute Gasteiger partial charge is 0.497 e. The second-order valence-corrected chi connectivity index (χ2v) is 9.79. The summed E-state index contributed by atoms with van der Waals surface area (Å²) in [5, 5.41) is 0. The van der Waals surface area contributed by atoms with Crippen molar-refractivity contribution in [1.29, 1.82) is 0 Å². The van der Waals surface area contributed by atoms with Crippen LogP contribution in [0.5, 0.6) is 5.75 Å². The van der Waals surface area contributed by atoms with Gasteiger partial charge in [0.1, 0.15) is 12.3 Å². The summed E-state index contributed by atoms with van der Waals surface area (Å²) in [7, 11) is 3.15. The molecule has 1 heterocycles. The first-order chi connectivity index (χ1) is 17.9. The average molecular weight is 571 g/mol. The number of halogens is 1. The molecule has 2 aromatic carbocycles. The van der Waals surface area contributed by atoms with Crippen LogP contribution in [-0.2, 0) is 22.6 Å². The van der Waals surface area contributed by atoms with E-state index in [1.54, 1.807) is 43.4 Å². The molecule has 0 unspecified atom stereocenters. The van der Waals surface area contributed by atoms with Crippen LogP contribution in [-0.4, -0.2) is 66.6 Å². The first-order valence-electron chi connectivity index (χ1n) is 12.5. The summed E-state index contributed by atoms with van der Waals surface area (Å²) in [6.07, 6.45) is 3.90. The van der Waals surface area contributed by atoms with E-state index in [9.17, 15) is 9.59 Å². The van der Waals surface area contributed by atoms with Crippen LogP contribution in [0, 0.1) is 0 Å². The van der Waals surface area contributed by atoms with Crippen LogP contribution in [0.2, 0.25) is 0 Å². The standard InChI is InChI=1S/C29H36BrN3O4/c1-4-5-15-32(21-26-9-7-16-31(26)20-23-11-13-25(30)14-12-23)28(34)22-33(17-18-36-2)29(35)24-8-6-10-27(19-24)37-3/h6-14,16,19H,4-5,15,17-18,20-22H2,1-3H3. The van der Waals surface area contributed by atoms with E-state index in [1.807, 2.05) is 29.3 Å². The van der Waals surface area contributed by atoms with Crippen LogP contribution in [0.15, 0.2) is 71.3 Å². The third-order valence-electron chi connectivity index (χ3n) is 6.17. The van der Waals surface area contributed by atoms with Gasteiger partial charge in [-0.15, -0.1) is 0 Å². The highest BCUT2D eigenvalue weighted by atomic mass is 79.9. The van der Waals surface area contributed by atoms with Crippen molar-refractivity contribution >= 4 is 27.7 Å². The fraction of sp³-hybridized carbons (Fsp3) is 0.379. The zero-order valence-corrected chi connectivity index (χ0v) is 23.4.